The number of amides is 2. The van der Waals surface area contributed by atoms with E-state index in [1.807, 2.05) is 78.6 Å². The zero-order valence-corrected chi connectivity index (χ0v) is 23.1. The van der Waals surface area contributed by atoms with E-state index in [9.17, 15) is 9.59 Å². The summed E-state index contributed by atoms with van der Waals surface area (Å²) in [7, 11) is 0. The van der Waals surface area contributed by atoms with E-state index in [2.05, 4.69) is 54.7 Å². The molecule has 39 heavy (non-hydrogen) atoms. The highest BCUT2D eigenvalue weighted by Gasteiger charge is 2.29. The van der Waals surface area contributed by atoms with E-state index >= 15 is 0 Å². The average Bonchev–Trinajstić information content (AvgIpc) is 2.96. The van der Waals surface area contributed by atoms with E-state index in [-0.39, 0.29) is 17.9 Å². The number of benzene rings is 4. The lowest BCUT2D eigenvalue weighted by Crippen LogP contribution is -2.33. The largest absolute Gasteiger partial charge is 0.350 e. The molecule has 4 aromatic carbocycles. The van der Waals surface area contributed by atoms with Crippen LogP contribution in [0.4, 0.5) is 5.69 Å². The zero-order chi connectivity index (χ0) is 27.2. The van der Waals surface area contributed by atoms with Crippen molar-refractivity contribution in [2.75, 3.05) is 4.90 Å². The predicted molar refractivity (Wildman–Crippen MR) is 161 cm³/mol. The van der Waals surface area contributed by atoms with Gasteiger partial charge in [0.05, 0.1) is 17.1 Å². The van der Waals surface area contributed by atoms with Gasteiger partial charge in [-0.05, 0) is 73.7 Å². The van der Waals surface area contributed by atoms with Crippen molar-refractivity contribution < 1.29 is 9.59 Å². The van der Waals surface area contributed by atoms with E-state index in [1.165, 1.54) is 22.9 Å². The molecule has 0 bridgehead atoms. The number of nitrogens with one attached hydrogen (secondary N) is 1. The van der Waals surface area contributed by atoms with Crippen LogP contribution in [0.3, 0.4) is 0 Å². The minimum absolute atomic E-state index is 0.0201. The topological polar surface area (TPSA) is 49.4 Å². The fourth-order valence-electron chi connectivity index (χ4n) is 4.58. The molecule has 0 unspecified atom stereocenters. The van der Waals surface area contributed by atoms with Gasteiger partial charge in [-0.3, -0.25) is 9.59 Å². The van der Waals surface area contributed by atoms with Crippen LogP contribution in [0.25, 0.3) is 6.08 Å². The molecule has 0 radical (unpaired) electrons. The molecule has 2 amide bonds. The number of carbonyl (C=O) groups excluding carboxylic acids is 2. The number of para-hydroxylation sites is 1. The number of anilines is 1. The number of carbonyl (C=O) groups is 2. The van der Waals surface area contributed by atoms with Gasteiger partial charge in [0.25, 0.3) is 11.8 Å². The Kier molecular flexibility index (Phi) is 8.28. The van der Waals surface area contributed by atoms with E-state index < -0.39 is 0 Å². The highest BCUT2D eigenvalue weighted by Crippen LogP contribution is 2.42. The molecule has 5 heteroatoms. The molecule has 0 saturated carbocycles. The summed E-state index contributed by atoms with van der Waals surface area (Å²) < 4.78 is 0. The Morgan fingerprint density at radius 3 is 2.31 bits per heavy atom. The van der Waals surface area contributed by atoms with Gasteiger partial charge in [0, 0.05) is 16.5 Å². The van der Waals surface area contributed by atoms with Crippen molar-refractivity contribution in [2.24, 2.45) is 0 Å². The van der Waals surface area contributed by atoms with Gasteiger partial charge in [0.2, 0.25) is 0 Å². The second-order valence-corrected chi connectivity index (χ2v) is 11.1. The van der Waals surface area contributed by atoms with E-state index in [0.29, 0.717) is 17.0 Å². The van der Waals surface area contributed by atoms with Crippen molar-refractivity contribution in [3.63, 3.8) is 0 Å². The normalized spacial score (nSPS) is 14.7. The first kappa shape index (κ1) is 26.5. The first-order valence-corrected chi connectivity index (χ1v) is 14.1. The minimum atomic E-state index is -0.0870. The van der Waals surface area contributed by atoms with Crippen molar-refractivity contribution in [1.29, 1.82) is 0 Å². The summed E-state index contributed by atoms with van der Waals surface area (Å²) in [6.45, 7) is 4.60. The van der Waals surface area contributed by atoms with Crippen LogP contribution in [0.1, 0.15) is 46.0 Å². The van der Waals surface area contributed by atoms with Crippen molar-refractivity contribution in [3.8, 4) is 0 Å². The minimum Gasteiger partial charge on any atom is -0.350 e. The molecule has 1 atom stereocenters. The summed E-state index contributed by atoms with van der Waals surface area (Å²) >= 11 is 1.49. The Bertz CT molecular complexity index is 1480. The second-order valence-electron chi connectivity index (χ2n) is 9.98. The molecule has 0 spiro atoms. The Labute approximate surface area is 234 Å². The van der Waals surface area contributed by atoms with Gasteiger partial charge in [0.15, 0.2) is 0 Å². The van der Waals surface area contributed by atoms with Gasteiger partial charge in [-0.15, -0.1) is 0 Å². The molecular weight excluding hydrogens is 500 g/mol. The molecule has 4 aromatic rings. The summed E-state index contributed by atoms with van der Waals surface area (Å²) in [5.74, 6) is -0.107. The van der Waals surface area contributed by atoms with Gasteiger partial charge >= 0.3 is 0 Å². The Hall–Kier alpha value is -4.09. The molecule has 1 heterocycles. The Balaban J connectivity index is 1.27. The summed E-state index contributed by atoms with van der Waals surface area (Å²) in [5, 5.41) is 3.10. The number of rotatable bonds is 8. The van der Waals surface area contributed by atoms with Crippen molar-refractivity contribution in [2.45, 2.75) is 44.2 Å². The first-order chi connectivity index (χ1) is 19.0. The van der Waals surface area contributed by atoms with Gasteiger partial charge in [-0.25, -0.2) is 0 Å². The van der Waals surface area contributed by atoms with Crippen molar-refractivity contribution in [1.82, 2.24) is 5.32 Å². The lowest BCUT2D eigenvalue weighted by Gasteiger charge is -2.30. The van der Waals surface area contributed by atoms with Crippen LogP contribution in [-0.2, 0) is 17.8 Å². The van der Waals surface area contributed by atoms with Crippen LogP contribution in [0.5, 0.6) is 0 Å². The third kappa shape index (κ3) is 6.68. The predicted octanol–water partition coefficient (Wildman–Crippen LogP) is 7.43. The second kappa shape index (κ2) is 12.2. The standard InChI is InChI=1S/C34H32N2O2S/c1-24-12-15-28(16-13-24)23-36-30-10-6-7-11-31(30)39-32(34(36)38)22-27-18-20-29(21-19-27)33(37)35-25(2)14-17-26-8-4-3-5-9-26/h3-13,15-16,18-22,25H,14,17,23H2,1-2H3,(H,35,37)/b32-22+/t25-/m0/s1. The highest BCUT2D eigenvalue weighted by molar-refractivity contribution is 8.04. The van der Waals surface area contributed by atoms with Gasteiger partial charge in [0.1, 0.15) is 0 Å². The molecule has 0 fully saturated rings. The van der Waals surface area contributed by atoms with Crippen molar-refractivity contribution >= 4 is 35.3 Å². The molecular formula is C34H32N2O2S. The van der Waals surface area contributed by atoms with Crippen LogP contribution in [0.15, 0.2) is 113 Å². The quantitative estimate of drug-likeness (QED) is 0.240. The van der Waals surface area contributed by atoms with E-state index in [1.54, 1.807) is 0 Å². The molecule has 196 valence electrons. The first-order valence-electron chi connectivity index (χ1n) is 13.3. The van der Waals surface area contributed by atoms with E-state index in [0.717, 1.165) is 34.6 Å². The number of aryl methyl sites for hydroxylation is 2. The third-order valence-corrected chi connectivity index (χ3v) is 7.93. The molecule has 4 nitrogen and oxygen atoms in total. The van der Waals surface area contributed by atoms with Crippen LogP contribution in [0, 0.1) is 6.92 Å². The monoisotopic (exact) mass is 532 g/mol. The number of hydrogen-bond acceptors (Lipinski definition) is 3. The zero-order valence-electron chi connectivity index (χ0n) is 22.3. The van der Waals surface area contributed by atoms with Gasteiger partial charge in [-0.1, -0.05) is 96.2 Å². The molecule has 0 aliphatic carbocycles. The average molecular weight is 533 g/mol. The van der Waals surface area contributed by atoms with E-state index in [4.69, 9.17) is 0 Å². The summed E-state index contributed by atoms with van der Waals surface area (Å²) in [6.07, 6.45) is 3.71. The SMILES string of the molecule is Cc1ccc(CN2C(=O)/C(=C\c3ccc(C(=O)N[C@@H](C)CCc4ccccc4)cc3)Sc3ccccc32)cc1. The fraction of sp³-hybridized carbons (Fsp3) is 0.176. The van der Waals surface area contributed by atoms with Crippen LogP contribution >= 0.6 is 11.8 Å². The fourth-order valence-corrected chi connectivity index (χ4v) is 5.64. The molecule has 1 aliphatic rings. The van der Waals surface area contributed by atoms with Crippen LogP contribution < -0.4 is 10.2 Å². The molecule has 1 aliphatic heterocycles. The van der Waals surface area contributed by atoms with Gasteiger partial charge in [-0.2, -0.15) is 0 Å². The Morgan fingerprint density at radius 1 is 0.872 bits per heavy atom. The van der Waals surface area contributed by atoms with Crippen LogP contribution in [0.2, 0.25) is 0 Å². The highest BCUT2D eigenvalue weighted by atomic mass is 32.2. The molecule has 0 saturated heterocycles. The molecule has 1 N–H and O–H groups in total. The maximum Gasteiger partial charge on any atom is 0.265 e. The van der Waals surface area contributed by atoms with Crippen LogP contribution in [-0.4, -0.2) is 17.9 Å². The smallest absolute Gasteiger partial charge is 0.265 e. The summed E-state index contributed by atoms with van der Waals surface area (Å²) in [4.78, 5) is 30.0. The number of fused-ring (bicyclic) bond motifs is 1. The van der Waals surface area contributed by atoms with Gasteiger partial charge < -0.3 is 10.2 Å². The summed E-state index contributed by atoms with van der Waals surface area (Å²) in [6, 6.07) is 34.1. The number of hydrogen-bond donors (Lipinski definition) is 1. The lowest BCUT2D eigenvalue weighted by atomic mass is 10.1. The lowest BCUT2D eigenvalue weighted by molar-refractivity contribution is -0.114. The molecule has 0 aromatic heterocycles. The van der Waals surface area contributed by atoms with Crippen molar-refractivity contribution in [3.05, 3.63) is 136 Å². The summed E-state index contributed by atoms with van der Waals surface area (Å²) in [5.41, 5.74) is 5.97. The maximum atomic E-state index is 13.6. The number of thioether (sulfide) groups is 1. The molecule has 5 rings (SSSR count). The Morgan fingerprint density at radius 2 is 1.56 bits per heavy atom. The maximum absolute atomic E-state index is 13.6. The number of nitrogens with zero attached hydrogens (tertiary/aromatic N) is 1. The third-order valence-electron chi connectivity index (χ3n) is 6.85.